The quantitative estimate of drug-likeness (QED) is 0.410. The predicted molar refractivity (Wildman–Crippen MR) is 68.0 cm³/mol. The summed E-state index contributed by atoms with van der Waals surface area (Å²) < 4.78 is 4.31. The first-order valence-corrected chi connectivity index (χ1v) is 5.93. The minimum Gasteiger partial charge on any atom is -0.443 e. The molecule has 96 valence electrons. The standard InChI is InChI=1S/C7H14N2OS.C4H4O2/c1-9(2)7(10)6-3-5(11)4-8-6;1-2-3-4(5)6-3/h5-6,8,11H,3-4H2,1-2H3;2-3H,1H2/t5-,6-;/m0./s1. The SMILES string of the molecule is C=CC1OC1=O.CN(C)C(=O)[C@@H]1C[C@H](S)CN1. The number of hydrogen-bond donors (Lipinski definition) is 2. The first-order chi connectivity index (χ1) is 7.95. The molecule has 0 radical (unpaired) electrons. The molecule has 17 heavy (non-hydrogen) atoms. The molecule has 0 aromatic rings. The summed E-state index contributed by atoms with van der Waals surface area (Å²) in [7, 11) is 3.55. The van der Waals surface area contributed by atoms with Gasteiger partial charge in [0.2, 0.25) is 12.0 Å². The van der Waals surface area contributed by atoms with E-state index in [4.69, 9.17) is 0 Å². The maximum absolute atomic E-state index is 11.3. The van der Waals surface area contributed by atoms with Gasteiger partial charge in [-0.15, -0.1) is 0 Å². The van der Waals surface area contributed by atoms with E-state index in [1.54, 1.807) is 19.0 Å². The summed E-state index contributed by atoms with van der Waals surface area (Å²) in [6.45, 7) is 4.17. The lowest BCUT2D eigenvalue weighted by Gasteiger charge is -2.15. The lowest BCUT2D eigenvalue weighted by Crippen LogP contribution is -2.39. The molecular weight excluding hydrogens is 240 g/mol. The van der Waals surface area contributed by atoms with Gasteiger partial charge in [0.25, 0.3) is 0 Å². The number of epoxide rings is 1. The summed E-state index contributed by atoms with van der Waals surface area (Å²) in [5.74, 6) is -0.00782. The first kappa shape index (κ1) is 14.1. The normalized spacial score (nSPS) is 29.8. The van der Waals surface area contributed by atoms with Crippen molar-refractivity contribution in [3.63, 3.8) is 0 Å². The van der Waals surface area contributed by atoms with Gasteiger partial charge in [-0.3, -0.25) is 4.79 Å². The van der Waals surface area contributed by atoms with Crippen molar-refractivity contribution >= 4 is 24.5 Å². The Kier molecular flexibility index (Phi) is 5.02. The minimum atomic E-state index is -0.273. The fraction of sp³-hybridized carbons (Fsp3) is 0.636. The van der Waals surface area contributed by atoms with Crippen LogP contribution in [-0.4, -0.2) is 54.8 Å². The fourth-order valence-corrected chi connectivity index (χ4v) is 1.77. The number of carbonyl (C=O) groups is 2. The highest BCUT2D eigenvalue weighted by atomic mass is 32.1. The number of amides is 1. The number of hydrogen-bond acceptors (Lipinski definition) is 5. The van der Waals surface area contributed by atoms with Gasteiger partial charge in [0.05, 0.1) is 6.04 Å². The summed E-state index contributed by atoms with van der Waals surface area (Å²) in [6, 6.07) is -0.00694. The monoisotopic (exact) mass is 258 g/mol. The summed E-state index contributed by atoms with van der Waals surface area (Å²) in [6.07, 6.45) is 2.05. The molecule has 1 N–H and O–H groups in total. The molecule has 0 aromatic carbocycles. The second-order valence-electron chi connectivity index (χ2n) is 4.18. The van der Waals surface area contributed by atoms with Crippen LogP contribution >= 0.6 is 12.6 Å². The molecule has 5 nitrogen and oxygen atoms in total. The van der Waals surface area contributed by atoms with Crippen LogP contribution in [0.25, 0.3) is 0 Å². The third kappa shape index (κ3) is 4.40. The molecule has 2 aliphatic rings. The summed E-state index contributed by atoms with van der Waals surface area (Å²) in [5, 5.41) is 3.46. The molecule has 2 heterocycles. The zero-order chi connectivity index (χ0) is 13.0. The van der Waals surface area contributed by atoms with E-state index < -0.39 is 0 Å². The van der Waals surface area contributed by atoms with Gasteiger partial charge in [-0.2, -0.15) is 12.6 Å². The van der Waals surface area contributed by atoms with Gasteiger partial charge in [-0.1, -0.05) is 6.58 Å². The molecule has 0 saturated carbocycles. The highest BCUT2D eigenvalue weighted by Gasteiger charge is 2.34. The number of ether oxygens (including phenoxy) is 1. The van der Waals surface area contributed by atoms with E-state index in [1.165, 1.54) is 6.08 Å². The average Bonchev–Trinajstić information content (AvgIpc) is 2.83. The maximum atomic E-state index is 11.3. The number of carbonyl (C=O) groups excluding carboxylic acids is 2. The fourth-order valence-electron chi connectivity index (χ4n) is 1.45. The van der Waals surface area contributed by atoms with Crippen molar-refractivity contribution in [1.82, 2.24) is 10.2 Å². The van der Waals surface area contributed by atoms with Crippen LogP contribution in [0.4, 0.5) is 0 Å². The van der Waals surface area contributed by atoms with E-state index in [0.717, 1.165) is 13.0 Å². The largest absolute Gasteiger partial charge is 0.443 e. The van der Waals surface area contributed by atoms with E-state index >= 15 is 0 Å². The summed E-state index contributed by atoms with van der Waals surface area (Å²) >= 11 is 4.28. The van der Waals surface area contributed by atoms with Crippen molar-refractivity contribution in [1.29, 1.82) is 0 Å². The number of thiol groups is 1. The minimum absolute atomic E-state index is 0.00694. The Bertz CT molecular complexity index is 320. The smallest absolute Gasteiger partial charge is 0.352 e. The van der Waals surface area contributed by atoms with Crippen LogP contribution in [-0.2, 0) is 14.3 Å². The molecule has 0 aliphatic carbocycles. The van der Waals surface area contributed by atoms with Gasteiger partial charge < -0.3 is 15.0 Å². The molecule has 6 heteroatoms. The van der Waals surface area contributed by atoms with Gasteiger partial charge in [0.15, 0.2) is 0 Å². The van der Waals surface area contributed by atoms with Crippen LogP contribution in [0.3, 0.4) is 0 Å². The molecule has 1 amide bonds. The first-order valence-electron chi connectivity index (χ1n) is 5.41. The number of nitrogens with one attached hydrogen (secondary N) is 1. The van der Waals surface area contributed by atoms with Crippen molar-refractivity contribution in [2.24, 2.45) is 0 Å². The summed E-state index contributed by atoms with van der Waals surface area (Å²) in [5.41, 5.74) is 0. The van der Waals surface area contributed by atoms with Gasteiger partial charge in [-0.25, -0.2) is 4.79 Å². The molecule has 0 aromatic heterocycles. The van der Waals surface area contributed by atoms with Crippen molar-refractivity contribution < 1.29 is 14.3 Å². The number of nitrogens with zero attached hydrogens (tertiary/aromatic N) is 1. The highest BCUT2D eigenvalue weighted by Crippen LogP contribution is 2.13. The lowest BCUT2D eigenvalue weighted by molar-refractivity contribution is -0.130. The van der Waals surface area contributed by atoms with Crippen molar-refractivity contribution in [2.45, 2.75) is 23.8 Å². The Morgan fingerprint density at radius 1 is 1.65 bits per heavy atom. The van der Waals surface area contributed by atoms with E-state index in [1.807, 2.05) is 0 Å². The van der Waals surface area contributed by atoms with Crippen LogP contribution < -0.4 is 5.32 Å². The predicted octanol–water partition coefficient (Wildman–Crippen LogP) is -0.167. The Balaban J connectivity index is 0.000000202. The van der Waals surface area contributed by atoms with Crippen LogP contribution in [0, 0.1) is 0 Å². The van der Waals surface area contributed by atoms with Gasteiger partial charge in [0.1, 0.15) is 0 Å². The highest BCUT2D eigenvalue weighted by molar-refractivity contribution is 7.81. The lowest BCUT2D eigenvalue weighted by atomic mass is 10.2. The van der Waals surface area contributed by atoms with Crippen molar-refractivity contribution in [3.05, 3.63) is 12.7 Å². The van der Waals surface area contributed by atoms with Crippen molar-refractivity contribution in [2.75, 3.05) is 20.6 Å². The number of cyclic esters (lactones) is 1. The number of likely N-dealkylation sites (N-methyl/N-ethyl adjacent to an activating group) is 1. The second-order valence-corrected chi connectivity index (χ2v) is 4.91. The van der Waals surface area contributed by atoms with Crippen LogP contribution in [0.15, 0.2) is 12.7 Å². The molecule has 2 fully saturated rings. The van der Waals surface area contributed by atoms with E-state index in [-0.39, 0.29) is 24.0 Å². The molecule has 0 spiro atoms. The van der Waals surface area contributed by atoms with Gasteiger partial charge >= 0.3 is 5.97 Å². The maximum Gasteiger partial charge on any atom is 0.352 e. The third-order valence-corrected chi connectivity index (χ3v) is 2.87. The Morgan fingerprint density at radius 3 is 2.47 bits per heavy atom. The van der Waals surface area contributed by atoms with Gasteiger partial charge in [-0.05, 0) is 12.5 Å². The Labute approximate surface area is 107 Å². The van der Waals surface area contributed by atoms with E-state index in [2.05, 4.69) is 29.3 Å². The zero-order valence-electron chi connectivity index (χ0n) is 10.0. The topological polar surface area (TPSA) is 61.9 Å². The Hall–Kier alpha value is -1.01. The van der Waals surface area contributed by atoms with E-state index in [9.17, 15) is 9.59 Å². The molecule has 2 aliphatic heterocycles. The molecule has 2 saturated heterocycles. The molecule has 2 rings (SSSR count). The molecule has 0 bridgehead atoms. The Morgan fingerprint density at radius 2 is 2.24 bits per heavy atom. The summed E-state index contributed by atoms with van der Waals surface area (Å²) in [4.78, 5) is 22.8. The number of rotatable bonds is 2. The van der Waals surface area contributed by atoms with Crippen LogP contribution in [0.2, 0.25) is 0 Å². The second kappa shape index (κ2) is 6.07. The molecule has 1 unspecified atom stereocenters. The average molecular weight is 258 g/mol. The zero-order valence-corrected chi connectivity index (χ0v) is 10.9. The van der Waals surface area contributed by atoms with Crippen molar-refractivity contribution in [3.8, 4) is 0 Å². The van der Waals surface area contributed by atoms with E-state index in [0.29, 0.717) is 5.25 Å². The third-order valence-electron chi connectivity index (χ3n) is 2.48. The van der Waals surface area contributed by atoms with Gasteiger partial charge in [0, 0.05) is 25.9 Å². The molecule has 3 atom stereocenters. The molecular formula is C11H18N2O3S. The van der Waals surface area contributed by atoms with Crippen LogP contribution in [0.5, 0.6) is 0 Å². The van der Waals surface area contributed by atoms with Crippen LogP contribution in [0.1, 0.15) is 6.42 Å².